The zero-order chi connectivity index (χ0) is 14.4. The molecular weight excluding hydrogens is 270 g/mol. The van der Waals surface area contributed by atoms with Crippen molar-refractivity contribution in [1.82, 2.24) is 5.32 Å². The topological polar surface area (TPSA) is 38.3 Å². The van der Waals surface area contributed by atoms with Gasteiger partial charge in [-0.2, -0.15) is 0 Å². The smallest absolute Gasteiger partial charge is 0.310 e. The fourth-order valence-corrected chi connectivity index (χ4v) is 2.93. The largest absolute Gasteiger partial charge is 0.469 e. The first-order valence-corrected chi connectivity index (χ1v) is 7.40. The molecule has 0 atom stereocenters. The zero-order valence-electron chi connectivity index (χ0n) is 11.8. The molecule has 1 aromatic carbocycles. The van der Waals surface area contributed by atoms with Crippen LogP contribution in [0.5, 0.6) is 0 Å². The second-order valence-corrected chi connectivity index (χ2v) is 5.90. The van der Waals surface area contributed by atoms with E-state index in [-0.39, 0.29) is 5.97 Å². The lowest BCUT2D eigenvalue weighted by atomic mass is 10.1. The molecule has 1 aromatic heterocycles. The molecule has 2 aromatic rings. The third-order valence-corrected chi connectivity index (χ3v) is 4.22. The maximum atomic E-state index is 11.2. The first kappa shape index (κ1) is 14.8. The number of nitrogens with one attached hydrogen (secondary N) is 1. The van der Waals surface area contributed by atoms with Crippen molar-refractivity contribution >= 4 is 17.3 Å². The number of hydrogen-bond acceptors (Lipinski definition) is 4. The Morgan fingerprint density at radius 1 is 1.15 bits per heavy atom. The predicted octanol–water partition coefficient (Wildman–Crippen LogP) is 3.06. The van der Waals surface area contributed by atoms with E-state index in [1.54, 1.807) is 11.3 Å². The maximum absolute atomic E-state index is 11.2. The number of carbonyl (C=O) groups excluding carboxylic acids is 1. The second kappa shape index (κ2) is 7.22. The molecule has 0 aliphatic rings. The summed E-state index contributed by atoms with van der Waals surface area (Å²) in [4.78, 5) is 13.5. The van der Waals surface area contributed by atoms with Crippen molar-refractivity contribution in [3.05, 3.63) is 57.3 Å². The highest BCUT2D eigenvalue weighted by molar-refractivity contribution is 7.12. The van der Waals surface area contributed by atoms with Gasteiger partial charge in [-0.3, -0.25) is 4.79 Å². The van der Waals surface area contributed by atoms with Crippen LogP contribution >= 0.6 is 11.3 Å². The van der Waals surface area contributed by atoms with Gasteiger partial charge < -0.3 is 10.1 Å². The summed E-state index contributed by atoms with van der Waals surface area (Å²) in [5.41, 5.74) is 2.62. The van der Waals surface area contributed by atoms with Gasteiger partial charge in [0.15, 0.2) is 0 Å². The van der Waals surface area contributed by atoms with Crippen LogP contribution in [0.25, 0.3) is 0 Å². The minimum atomic E-state index is -0.189. The standard InChI is InChI=1S/C16H19NO2S/c1-12-5-3-4-6-13(12)10-17-11-15-8-7-14(20-15)9-16(18)19-2/h3-8,17H,9-11H2,1-2H3. The third kappa shape index (κ3) is 4.18. The second-order valence-electron chi connectivity index (χ2n) is 4.65. The van der Waals surface area contributed by atoms with Gasteiger partial charge in [-0.25, -0.2) is 0 Å². The van der Waals surface area contributed by atoms with Gasteiger partial charge in [-0.15, -0.1) is 11.3 Å². The van der Waals surface area contributed by atoms with E-state index in [0.29, 0.717) is 6.42 Å². The van der Waals surface area contributed by atoms with Crippen LogP contribution in [-0.2, 0) is 29.0 Å². The molecule has 0 radical (unpaired) electrons. The molecule has 0 saturated heterocycles. The van der Waals surface area contributed by atoms with E-state index in [0.717, 1.165) is 18.0 Å². The Hall–Kier alpha value is -1.65. The lowest BCUT2D eigenvalue weighted by Crippen LogP contribution is -2.12. The monoisotopic (exact) mass is 289 g/mol. The molecule has 0 aliphatic heterocycles. The van der Waals surface area contributed by atoms with Crippen molar-refractivity contribution in [3.63, 3.8) is 0 Å². The lowest BCUT2D eigenvalue weighted by Gasteiger charge is -2.06. The van der Waals surface area contributed by atoms with Gasteiger partial charge in [0.25, 0.3) is 0 Å². The van der Waals surface area contributed by atoms with Gasteiger partial charge in [0.2, 0.25) is 0 Å². The van der Waals surface area contributed by atoms with Crippen molar-refractivity contribution < 1.29 is 9.53 Å². The van der Waals surface area contributed by atoms with Crippen LogP contribution in [0.2, 0.25) is 0 Å². The fourth-order valence-electron chi connectivity index (χ4n) is 1.96. The molecule has 1 heterocycles. The molecule has 0 fully saturated rings. The minimum absolute atomic E-state index is 0.189. The number of esters is 1. The summed E-state index contributed by atoms with van der Waals surface area (Å²) in [5, 5.41) is 3.43. The SMILES string of the molecule is COC(=O)Cc1ccc(CNCc2ccccc2C)s1. The third-order valence-electron chi connectivity index (χ3n) is 3.14. The number of methoxy groups -OCH3 is 1. The van der Waals surface area contributed by atoms with Crippen LogP contribution in [-0.4, -0.2) is 13.1 Å². The number of carbonyl (C=O) groups is 1. The molecule has 0 spiro atoms. The average Bonchev–Trinajstić information content (AvgIpc) is 2.88. The Balaban J connectivity index is 1.83. The van der Waals surface area contributed by atoms with Crippen molar-refractivity contribution in [2.24, 2.45) is 0 Å². The Morgan fingerprint density at radius 2 is 1.90 bits per heavy atom. The molecule has 0 unspecified atom stereocenters. The van der Waals surface area contributed by atoms with E-state index in [1.807, 2.05) is 6.07 Å². The quantitative estimate of drug-likeness (QED) is 0.831. The van der Waals surface area contributed by atoms with Crippen molar-refractivity contribution in [3.8, 4) is 0 Å². The molecule has 106 valence electrons. The van der Waals surface area contributed by atoms with Crippen molar-refractivity contribution in [2.45, 2.75) is 26.4 Å². The Morgan fingerprint density at radius 3 is 2.65 bits per heavy atom. The van der Waals surface area contributed by atoms with Crippen molar-refractivity contribution in [1.29, 1.82) is 0 Å². The zero-order valence-corrected chi connectivity index (χ0v) is 12.6. The number of benzene rings is 1. The molecule has 2 rings (SSSR count). The molecule has 4 heteroatoms. The van der Waals surface area contributed by atoms with Gasteiger partial charge in [0, 0.05) is 22.8 Å². The minimum Gasteiger partial charge on any atom is -0.469 e. The summed E-state index contributed by atoms with van der Waals surface area (Å²) < 4.78 is 4.67. The normalized spacial score (nSPS) is 10.5. The van der Waals surface area contributed by atoms with Crippen LogP contribution in [0.3, 0.4) is 0 Å². The van der Waals surface area contributed by atoms with Gasteiger partial charge in [0.05, 0.1) is 13.5 Å². The van der Waals surface area contributed by atoms with Gasteiger partial charge in [0.1, 0.15) is 0 Å². The highest BCUT2D eigenvalue weighted by atomic mass is 32.1. The summed E-state index contributed by atoms with van der Waals surface area (Å²) in [6, 6.07) is 12.4. The van der Waals surface area contributed by atoms with Crippen molar-refractivity contribution in [2.75, 3.05) is 7.11 Å². The number of aryl methyl sites for hydroxylation is 1. The van der Waals surface area contributed by atoms with E-state index in [9.17, 15) is 4.79 Å². The van der Waals surface area contributed by atoms with E-state index in [1.165, 1.54) is 23.1 Å². The van der Waals surface area contributed by atoms with Crippen LogP contribution in [0, 0.1) is 6.92 Å². The molecule has 1 N–H and O–H groups in total. The molecule has 0 aliphatic carbocycles. The number of rotatable bonds is 6. The molecule has 3 nitrogen and oxygen atoms in total. The Kier molecular flexibility index (Phi) is 5.32. The first-order valence-electron chi connectivity index (χ1n) is 6.58. The number of hydrogen-bond donors (Lipinski definition) is 1. The molecule has 0 saturated carbocycles. The lowest BCUT2D eigenvalue weighted by molar-refractivity contribution is -0.139. The highest BCUT2D eigenvalue weighted by Gasteiger charge is 2.06. The van der Waals surface area contributed by atoms with Crippen LogP contribution < -0.4 is 5.32 Å². The van der Waals surface area contributed by atoms with E-state index < -0.39 is 0 Å². The number of thiophene rings is 1. The van der Waals surface area contributed by atoms with Gasteiger partial charge >= 0.3 is 5.97 Å². The number of ether oxygens (including phenoxy) is 1. The van der Waals surface area contributed by atoms with Crippen LogP contribution in [0.4, 0.5) is 0 Å². The maximum Gasteiger partial charge on any atom is 0.310 e. The molecule has 0 bridgehead atoms. The predicted molar refractivity (Wildman–Crippen MR) is 81.8 cm³/mol. The molecule has 0 amide bonds. The Labute approximate surface area is 123 Å². The summed E-state index contributed by atoms with van der Waals surface area (Å²) in [6.45, 7) is 3.80. The van der Waals surface area contributed by atoms with Crippen LogP contribution in [0.15, 0.2) is 36.4 Å². The molecular formula is C16H19NO2S. The Bertz CT molecular complexity index is 577. The van der Waals surface area contributed by atoms with Gasteiger partial charge in [-0.05, 0) is 30.2 Å². The van der Waals surface area contributed by atoms with E-state index in [4.69, 9.17) is 0 Å². The first-order chi connectivity index (χ1) is 9.69. The summed E-state index contributed by atoms with van der Waals surface area (Å²) in [6.07, 6.45) is 0.360. The van der Waals surface area contributed by atoms with E-state index >= 15 is 0 Å². The van der Waals surface area contributed by atoms with Crippen LogP contribution in [0.1, 0.15) is 20.9 Å². The highest BCUT2D eigenvalue weighted by Crippen LogP contribution is 2.17. The summed E-state index contributed by atoms with van der Waals surface area (Å²) in [7, 11) is 1.42. The molecule has 20 heavy (non-hydrogen) atoms. The van der Waals surface area contributed by atoms with E-state index in [2.05, 4.69) is 47.3 Å². The fraction of sp³-hybridized carbons (Fsp3) is 0.312. The summed E-state index contributed by atoms with van der Waals surface area (Å²) >= 11 is 1.65. The van der Waals surface area contributed by atoms with Gasteiger partial charge in [-0.1, -0.05) is 24.3 Å². The average molecular weight is 289 g/mol. The summed E-state index contributed by atoms with van der Waals surface area (Å²) in [5.74, 6) is -0.189.